The van der Waals surface area contributed by atoms with Gasteiger partial charge in [0.25, 0.3) is 0 Å². The summed E-state index contributed by atoms with van der Waals surface area (Å²) in [5.41, 5.74) is 0.861. The molecule has 1 amide bonds. The number of carbonyl (C=O) groups is 1. The summed E-state index contributed by atoms with van der Waals surface area (Å²) >= 11 is 5.88. The first-order chi connectivity index (χ1) is 9.29. The van der Waals surface area contributed by atoms with Gasteiger partial charge in [-0.3, -0.25) is 0 Å². The number of hydrogen-bond donors (Lipinski definition) is 2. The Morgan fingerprint density at radius 2 is 1.95 bits per heavy atom. The van der Waals surface area contributed by atoms with Crippen LogP contribution in [-0.4, -0.2) is 34.7 Å². The number of anilines is 1. The van der Waals surface area contributed by atoms with E-state index in [9.17, 15) is 9.90 Å². The van der Waals surface area contributed by atoms with E-state index in [0.29, 0.717) is 11.6 Å². The van der Waals surface area contributed by atoms with Crippen LogP contribution in [0.3, 0.4) is 0 Å². The molecule has 1 aromatic rings. The van der Waals surface area contributed by atoms with Crippen LogP contribution in [0.25, 0.3) is 0 Å². The summed E-state index contributed by atoms with van der Waals surface area (Å²) in [7, 11) is 0. The van der Waals surface area contributed by atoms with Gasteiger partial charge in [0.1, 0.15) is 0 Å². The van der Waals surface area contributed by atoms with E-state index >= 15 is 0 Å². The first-order valence-corrected chi connectivity index (χ1v) is 7.18. The van der Waals surface area contributed by atoms with Crippen LogP contribution >= 0.6 is 11.6 Å². The van der Waals surface area contributed by atoms with Gasteiger partial charge >= 0.3 is 6.09 Å². The van der Waals surface area contributed by atoms with Crippen LogP contribution in [0.15, 0.2) is 24.3 Å². The summed E-state index contributed by atoms with van der Waals surface area (Å²) in [6, 6.07) is 7.58. The molecule has 4 nitrogen and oxygen atoms in total. The lowest BCUT2D eigenvalue weighted by molar-refractivity contribution is 0.103. The van der Waals surface area contributed by atoms with Gasteiger partial charge in [-0.2, -0.15) is 0 Å². The Bertz CT molecular complexity index is 482. The first kappa shape index (κ1) is 15.0. The minimum atomic E-state index is -0.842. The molecule has 2 N–H and O–H groups in total. The highest BCUT2D eigenvalue weighted by Gasteiger charge is 2.43. The molecule has 1 aliphatic heterocycles. The number of halogens is 1. The fourth-order valence-electron chi connectivity index (χ4n) is 2.99. The lowest BCUT2D eigenvalue weighted by Crippen LogP contribution is -2.49. The van der Waals surface area contributed by atoms with Crippen molar-refractivity contribution in [2.75, 3.05) is 11.9 Å². The van der Waals surface area contributed by atoms with E-state index in [1.165, 1.54) is 0 Å². The second kappa shape index (κ2) is 5.52. The molecule has 2 unspecified atom stereocenters. The van der Waals surface area contributed by atoms with E-state index < -0.39 is 6.09 Å². The molecular formula is C15H21ClN2O2. The smallest absolute Gasteiger partial charge is 0.407 e. The molecule has 1 aliphatic rings. The van der Waals surface area contributed by atoms with Crippen molar-refractivity contribution >= 4 is 23.4 Å². The molecule has 1 saturated heterocycles. The molecule has 1 fully saturated rings. The van der Waals surface area contributed by atoms with Crippen molar-refractivity contribution in [2.24, 2.45) is 5.41 Å². The first-order valence-electron chi connectivity index (χ1n) is 6.81. The highest BCUT2D eigenvalue weighted by Crippen LogP contribution is 2.34. The normalized spacial score (nSPS) is 22.9. The van der Waals surface area contributed by atoms with E-state index in [-0.39, 0.29) is 17.5 Å². The summed E-state index contributed by atoms with van der Waals surface area (Å²) in [6.45, 7) is 6.81. The topological polar surface area (TPSA) is 52.6 Å². The molecule has 0 bridgehead atoms. The van der Waals surface area contributed by atoms with Crippen LogP contribution in [0, 0.1) is 5.41 Å². The molecule has 110 valence electrons. The average Bonchev–Trinajstić information content (AvgIpc) is 2.76. The Balaban J connectivity index is 2.18. The molecule has 20 heavy (non-hydrogen) atoms. The Morgan fingerprint density at radius 1 is 1.35 bits per heavy atom. The van der Waals surface area contributed by atoms with E-state index in [4.69, 9.17) is 11.6 Å². The SMILES string of the molecule is CC(C)(C)C1C(Nc2ccc(Cl)cc2)CCN1C(=O)O. The number of amides is 1. The summed E-state index contributed by atoms with van der Waals surface area (Å²) in [5.74, 6) is 0. The number of benzene rings is 1. The van der Waals surface area contributed by atoms with Crippen molar-refractivity contribution in [3.63, 3.8) is 0 Å². The minimum Gasteiger partial charge on any atom is -0.465 e. The predicted molar refractivity (Wildman–Crippen MR) is 81.5 cm³/mol. The number of nitrogens with one attached hydrogen (secondary N) is 1. The highest BCUT2D eigenvalue weighted by molar-refractivity contribution is 6.30. The third-order valence-electron chi connectivity index (χ3n) is 3.73. The van der Waals surface area contributed by atoms with Crippen LogP contribution in [0.4, 0.5) is 10.5 Å². The fraction of sp³-hybridized carbons (Fsp3) is 0.533. The second-order valence-corrected chi connectivity index (χ2v) is 6.77. The van der Waals surface area contributed by atoms with E-state index in [1.54, 1.807) is 4.90 Å². The van der Waals surface area contributed by atoms with E-state index in [1.807, 2.05) is 24.3 Å². The highest BCUT2D eigenvalue weighted by atomic mass is 35.5. The molecule has 1 heterocycles. The van der Waals surface area contributed by atoms with Gasteiger partial charge in [-0.15, -0.1) is 0 Å². The van der Waals surface area contributed by atoms with Gasteiger partial charge in [0.05, 0.1) is 6.04 Å². The monoisotopic (exact) mass is 296 g/mol. The number of carboxylic acid groups (broad SMARTS) is 1. The Kier molecular flexibility index (Phi) is 4.14. The zero-order valence-electron chi connectivity index (χ0n) is 12.1. The van der Waals surface area contributed by atoms with Crippen molar-refractivity contribution in [2.45, 2.75) is 39.3 Å². The minimum absolute atomic E-state index is 0.0457. The van der Waals surface area contributed by atoms with Crippen molar-refractivity contribution in [1.29, 1.82) is 0 Å². The third kappa shape index (κ3) is 3.18. The van der Waals surface area contributed by atoms with Crippen molar-refractivity contribution in [1.82, 2.24) is 4.90 Å². The summed E-state index contributed by atoms with van der Waals surface area (Å²) in [6.07, 6.45) is -0.0260. The molecule has 2 atom stereocenters. The molecule has 2 rings (SSSR count). The quantitative estimate of drug-likeness (QED) is 0.870. The lowest BCUT2D eigenvalue weighted by atomic mass is 9.82. The maximum absolute atomic E-state index is 11.4. The molecule has 0 aliphatic carbocycles. The number of nitrogens with zero attached hydrogens (tertiary/aromatic N) is 1. The van der Waals surface area contributed by atoms with E-state index in [0.717, 1.165) is 12.1 Å². The number of hydrogen-bond acceptors (Lipinski definition) is 2. The molecular weight excluding hydrogens is 276 g/mol. The molecule has 0 saturated carbocycles. The van der Waals surface area contributed by atoms with Gasteiger partial charge in [-0.25, -0.2) is 4.79 Å². The fourth-order valence-corrected chi connectivity index (χ4v) is 3.12. The van der Waals surface area contributed by atoms with Crippen LogP contribution in [0.5, 0.6) is 0 Å². The molecule has 5 heteroatoms. The lowest BCUT2D eigenvalue weighted by Gasteiger charge is -2.37. The van der Waals surface area contributed by atoms with Gasteiger partial charge in [0, 0.05) is 23.3 Å². The van der Waals surface area contributed by atoms with Crippen LogP contribution in [-0.2, 0) is 0 Å². The van der Waals surface area contributed by atoms with Crippen molar-refractivity contribution in [3.8, 4) is 0 Å². The largest absolute Gasteiger partial charge is 0.465 e. The van der Waals surface area contributed by atoms with Gasteiger partial charge < -0.3 is 15.3 Å². The zero-order valence-corrected chi connectivity index (χ0v) is 12.8. The Labute approximate surface area is 124 Å². The summed E-state index contributed by atoms with van der Waals surface area (Å²) < 4.78 is 0. The van der Waals surface area contributed by atoms with Gasteiger partial charge in [0.15, 0.2) is 0 Å². The van der Waals surface area contributed by atoms with Crippen LogP contribution in [0.2, 0.25) is 5.02 Å². The van der Waals surface area contributed by atoms with Gasteiger partial charge in [0.2, 0.25) is 0 Å². The predicted octanol–water partition coefficient (Wildman–Crippen LogP) is 3.92. The Hall–Kier alpha value is -1.42. The summed E-state index contributed by atoms with van der Waals surface area (Å²) in [4.78, 5) is 12.9. The zero-order chi connectivity index (χ0) is 14.9. The number of rotatable bonds is 2. The van der Waals surface area contributed by atoms with Gasteiger partial charge in [-0.1, -0.05) is 32.4 Å². The maximum Gasteiger partial charge on any atom is 0.407 e. The maximum atomic E-state index is 11.4. The molecule has 0 radical (unpaired) electrons. The second-order valence-electron chi connectivity index (χ2n) is 6.33. The molecule has 0 aromatic heterocycles. The number of likely N-dealkylation sites (tertiary alicyclic amines) is 1. The average molecular weight is 297 g/mol. The van der Waals surface area contributed by atoms with E-state index in [2.05, 4.69) is 26.1 Å². The van der Waals surface area contributed by atoms with Gasteiger partial charge in [-0.05, 0) is 36.1 Å². The van der Waals surface area contributed by atoms with Crippen molar-refractivity contribution < 1.29 is 9.90 Å². The summed E-state index contributed by atoms with van der Waals surface area (Å²) in [5, 5.41) is 13.5. The molecule has 1 aromatic carbocycles. The van der Waals surface area contributed by atoms with Crippen molar-refractivity contribution in [3.05, 3.63) is 29.3 Å². The Morgan fingerprint density at radius 3 is 2.45 bits per heavy atom. The standard InChI is InChI=1S/C15H21ClN2O2/c1-15(2,3)13-12(8-9-18(13)14(19)20)17-11-6-4-10(16)5-7-11/h4-7,12-13,17H,8-9H2,1-3H3,(H,19,20). The third-order valence-corrected chi connectivity index (χ3v) is 3.98. The van der Waals surface area contributed by atoms with Crippen LogP contribution < -0.4 is 5.32 Å². The molecule has 0 spiro atoms. The van der Waals surface area contributed by atoms with Crippen LogP contribution in [0.1, 0.15) is 27.2 Å².